The van der Waals surface area contributed by atoms with Gasteiger partial charge in [-0.1, -0.05) is 30.3 Å². The number of halogens is 4. The molecule has 0 radical (unpaired) electrons. The summed E-state index contributed by atoms with van der Waals surface area (Å²) in [5.41, 5.74) is -1.35. The van der Waals surface area contributed by atoms with Crippen LogP contribution in [0.2, 0.25) is 0 Å². The van der Waals surface area contributed by atoms with Crippen LogP contribution in [0.3, 0.4) is 0 Å². The number of nitrogens with one attached hydrogen (secondary N) is 1. The largest absolute Gasteiger partial charge is 0.416 e. The lowest BCUT2D eigenvalue weighted by Gasteiger charge is -2.20. The van der Waals surface area contributed by atoms with Gasteiger partial charge in [-0.05, 0) is 42.2 Å². The molecule has 1 amide bonds. The number of benzene rings is 2. The summed E-state index contributed by atoms with van der Waals surface area (Å²) >= 11 is 0. The van der Waals surface area contributed by atoms with Crippen molar-refractivity contribution in [2.24, 2.45) is 0 Å². The normalized spacial score (nSPS) is 16.8. The molecule has 0 heterocycles. The van der Waals surface area contributed by atoms with Gasteiger partial charge in [-0.2, -0.15) is 13.2 Å². The number of aliphatic hydroxyl groups is 1. The highest BCUT2D eigenvalue weighted by Gasteiger charge is 2.51. The van der Waals surface area contributed by atoms with Gasteiger partial charge in [0.2, 0.25) is 5.91 Å². The van der Waals surface area contributed by atoms with Crippen LogP contribution in [0.4, 0.5) is 17.6 Å². The SMILES string of the molecule is O=C(NC[C@@H](O)c1ccccc1C(F)(F)F)C1(c2ccc(F)cc2)CC1. The third-order valence-corrected chi connectivity index (χ3v) is 4.66. The van der Waals surface area contributed by atoms with E-state index in [1.807, 2.05) is 0 Å². The number of carbonyl (C=O) groups is 1. The molecule has 7 heteroatoms. The number of alkyl halides is 3. The van der Waals surface area contributed by atoms with Crippen LogP contribution in [0, 0.1) is 5.82 Å². The molecule has 2 aromatic rings. The van der Waals surface area contributed by atoms with Gasteiger partial charge in [-0.25, -0.2) is 4.39 Å². The van der Waals surface area contributed by atoms with Crippen molar-refractivity contribution in [3.63, 3.8) is 0 Å². The molecule has 138 valence electrons. The molecule has 2 aromatic carbocycles. The molecule has 0 saturated heterocycles. The van der Waals surface area contributed by atoms with Crippen molar-refractivity contribution < 1.29 is 27.5 Å². The maximum atomic E-state index is 13.0. The smallest absolute Gasteiger partial charge is 0.387 e. The van der Waals surface area contributed by atoms with Crippen LogP contribution in [-0.2, 0) is 16.4 Å². The minimum absolute atomic E-state index is 0.285. The lowest BCUT2D eigenvalue weighted by molar-refractivity contribution is -0.139. The molecule has 0 unspecified atom stereocenters. The molecule has 0 bridgehead atoms. The predicted octanol–water partition coefficient (Wildman–Crippen LogP) is 3.73. The topological polar surface area (TPSA) is 49.3 Å². The molecular formula is C19H17F4NO2. The van der Waals surface area contributed by atoms with E-state index in [1.165, 1.54) is 42.5 Å². The minimum Gasteiger partial charge on any atom is -0.387 e. The monoisotopic (exact) mass is 367 g/mol. The first-order valence-corrected chi connectivity index (χ1v) is 8.12. The Kier molecular flexibility index (Phi) is 4.75. The lowest BCUT2D eigenvalue weighted by Crippen LogP contribution is -2.37. The van der Waals surface area contributed by atoms with Crippen molar-refractivity contribution >= 4 is 5.91 Å². The van der Waals surface area contributed by atoms with Crippen LogP contribution in [0.25, 0.3) is 0 Å². The van der Waals surface area contributed by atoms with Crippen molar-refractivity contribution in [2.45, 2.75) is 30.5 Å². The Balaban J connectivity index is 1.70. The van der Waals surface area contributed by atoms with Gasteiger partial charge in [-0.15, -0.1) is 0 Å². The van der Waals surface area contributed by atoms with Crippen LogP contribution in [0.15, 0.2) is 48.5 Å². The summed E-state index contributed by atoms with van der Waals surface area (Å²) in [4.78, 5) is 12.5. The van der Waals surface area contributed by atoms with Gasteiger partial charge >= 0.3 is 6.18 Å². The molecule has 1 aliphatic rings. The van der Waals surface area contributed by atoms with Crippen LogP contribution in [0.1, 0.15) is 35.6 Å². The van der Waals surface area contributed by atoms with Crippen molar-refractivity contribution in [1.82, 2.24) is 5.32 Å². The molecule has 1 fully saturated rings. The van der Waals surface area contributed by atoms with Gasteiger partial charge in [0.1, 0.15) is 5.82 Å². The highest BCUT2D eigenvalue weighted by atomic mass is 19.4. The summed E-state index contributed by atoms with van der Waals surface area (Å²) in [6.45, 7) is -0.338. The Labute approximate surface area is 147 Å². The maximum Gasteiger partial charge on any atom is 0.416 e. The van der Waals surface area contributed by atoms with E-state index in [4.69, 9.17) is 0 Å². The fourth-order valence-corrected chi connectivity index (χ4v) is 3.06. The summed E-state index contributed by atoms with van der Waals surface area (Å²) < 4.78 is 52.1. The molecule has 0 spiro atoms. The average molecular weight is 367 g/mol. The summed E-state index contributed by atoms with van der Waals surface area (Å²) in [7, 11) is 0. The second-order valence-electron chi connectivity index (χ2n) is 6.40. The van der Waals surface area contributed by atoms with E-state index in [0.29, 0.717) is 18.4 Å². The maximum absolute atomic E-state index is 13.0. The Hall–Kier alpha value is -2.41. The zero-order valence-electron chi connectivity index (χ0n) is 13.7. The van der Waals surface area contributed by atoms with E-state index in [1.54, 1.807) is 0 Å². The molecule has 0 aromatic heterocycles. The highest BCUT2D eigenvalue weighted by molar-refractivity contribution is 5.91. The molecule has 3 nitrogen and oxygen atoms in total. The molecule has 1 saturated carbocycles. The molecule has 3 rings (SSSR count). The number of hydrogen-bond acceptors (Lipinski definition) is 2. The van der Waals surface area contributed by atoms with Crippen molar-refractivity contribution in [3.05, 3.63) is 71.0 Å². The second kappa shape index (κ2) is 6.72. The highest BCUT2D eigenvalue weighted by Crippen LogP contribution is 2.48. The third-order valence-electron chi connectivity index (χ3n) is 4.66. The van der Waals surface area contributed by atoms with E-state index in [-0.39, 0.29) is 18.0 Å². The van der Waals surface area contributed by atoms with E-state index >= 15 is 0 Å². The second-order valence-corrected chi connectivity index (χ2v) is 6.40. The van der Waals surface area contributed by atoms with E-state index in [0.717, 1.165) is 6.07 Å². The minimum atomic E-state index is -4.59. The van der Waals surface area contributed by atoms with E-state index in [2.05, 4.69) is 5.32 Å². The van der Waals surface area contributed by atoms with Crippen LogP contribution in [-0.4, -0.2) is 17.6 Å². The zero-order valence-corrected chi connectivity index (χ0v) is 13.7. The fraction of sp³-hybridized carbons (Fsp3) is 0.316. The first kappa shape index (κ1) is 18.4. The molecule has 2 N–H and O–H groups in total. The average Bonchev–Trinajstić information content (AvgIpc) is 3.41. The standard InChI is InChI=1S/C19H17F4NO2/c20-13-7-5-12(6-8-13)18(9-10-18)17(26)24-11-16(25)14-3-1-2-4-15(14)19(21,22)23/h1-8,16,25H,9-11H2,(H,24,26)/t16-/m1/s1. The number of amides is 1. The van der Waals surface area contributed by atoms with Gasteiger partial charge in [-0.3, -0.25) is 4.79 Å². The molecule has 1 aliphatic carbocycles. The van der Waals surface area contributed by atoms with E-state index < -0.39 is 29.1 Å². The number of carbonyl (C=O) groups excluding carboxylic acids is 1. The number of rotatable bonds is 5. The van der Waals surface area contributed by atoms with Crippen molar-refractivity contribution in [2.75, 3.05) is 6.54 Å². The zero-order chi connectivity index (χ0) is 18.9. The van der Waals surface area contributed by atoms with Crippen LogP contribution in [0.5, 0.6) is 0 Å². The van der Waals surface area contributed by atoms with Crippen LogP contribution >= 0.6 is 0 Å². The molecular weight excluding hydrogens is 350 g/mol. The summed E-state index contributed by atoms with van der Waals surface area (Å²) in [5, 5.41) is 12.7. The van der Waals surface area contributed by atoms with Crippen LogP contribution < -0.4 is 5.32 Å². The summed E-state index contributed by atoms with van der Waals surface area (Å²) in [5.74, 6) is -0.795. The lowest BCUT2D eigenvalue weighted by atomic mass is 9.94. The number of aliphatic hydroxyl groups excluding tert-OH is 1. The Morgan fingerprint density at radius 3 is 2.31 bits per heavy atom. The van der Waals surface area contributed by atoms with Crippen molar-refractivity contribution in [1.29, 1.82) is 0 Å². The van der Waals surface area contributed by atoms with Gasteiger partial charge in [0, 0.05) is 6.54 Å². The quantitative estimate of drug-likeness (QED) is 0.792. The fourth-order valence-electron chi connectivity index (χ4n) is 3.06. The Morgan fingerprint density at radius 1 is 1.12 bits per heavy atom. The Morgan fingerprint density at radius 2 is 1.73 bits per heavy atom. The van der Waals surface area contributed by atoms with Crippen molar-refractivity contribution in [3.8, 4) is 0 Å². The van der Waals surface area contributed by atoms with Gasteiger partial charge in [0.15, 0.2) is 0 Å². The van der Waals surface area contributed by atoms with Gasteiger partial charge in [0.25, 0.3) is 0 Å². The van der Waals surface area contributed by atoms with Gasteiger partial charge in [0.05, 0.1) is 17.1 Å². The first-order valence-electron chi connectivity index (χ1n) is 8.12. The molecule has 1 atom stereocenters. The molecule has 26 heavy (non-hydrogen) atoms. The van der Waals surface area contributed by atoms with Gasteiger partial charge < -0.3 is 10.4 Å². The predicted molar refractivity (Wildman–Crippen MR) is 86.7 cm³/mol. The third kappa shape index (κ3) is 3.58. The Bertz CT molecular complexity index is 798. The van der Waals surface area contributed by atoms with E-state index in [9.17, 15) is 27.5 Å². The first-order chi connectivity index (χ1) is 12.2. The molecule has 0 aliphatic heterocycles. The summed E-state index contributed by atoms with van der Waals surface area (Å²) in [6.07, 6.45) is -4.94. The number of hydrogen-bond donors (Lipinski definition) is 2. The summed E-state index contributed by atoms with van der Waals surface area (Å²) in [6, 6.07) is 10.3.